The average molecular weight is 312 g/mol. The van der Waals surface area contributed by atoms with Crippen LogP contribution < -0.4 is 15.4 Å². The second kappa shape index (κ2) is 6.34. The molecule has 2 aromatic rings. The summed E-state index contributed by atoms with van der Waals surface area (Å²) < 4.78 is 7.71. The predicted octanol–water partition coefficient (Wildman–Crippen LogP) is 2.13. The van der Waals surface area contributed by atoms with Gasteiger partial charge in [0.05, 0.1) is 18.8 Å². The van der Waals surface area contributed by atoms with Gasteiger partial charge in [0, 0.05) is 36.3 Å². The topological polar surface area (TPSA) is 51.1 Å². The number of aromatic nitrogens is 2. The zero-order chi connectivity index (χ0) is 15.6. The standard InChI is InChI=1S/C18H24N4O/c1-23-15-4-2-3-13(11-15)18-16-12-20-10-7-17(16)22(21-18)14-5-8-19-9-6-14/h2-4,11,14,19-20H,5-10,12H2,1H3. The van der Waals surface area contributed by atoms with Gasteiger partial charge in [-0.15, -0.1) is 0 Å². The fraction of sp³-hybridized carbons (Fsp3) is 0.500. The molecule has 0 unspecified atom stereocenters. The van der Waals surface area contributed by atoms with Crippen LogP contribution >= 0.6 is 0 Å². The van der Waals surface area contributed by atoms with Crippen LogP contribution in [0.5, 0.6) is 5.75 Å². The minimum Gasteiger partial charge on any atom is -0.497 e. The van der Waals surface area contributed by atoms with Gasteiger partial charge in [-0.05, 0) is 38.1 Å². The molecule has 2 aliphatic heterocycles. The Morgan fingerprint density at radius 1 is 1.17 bits per heavy atom. The highest BCUT2D eigenvalue weighted by atomic mass is 16.5. The number of nitrogens with one attached hydrogen (secondary N) is 2. The molecule has 1 saturated heterocycles. The molecule has 0 radical (unpaired) electrons. The summed E-state index contributed by atoms with van der Waals surface area (Å²) in [4.78, 5) is 0. The normalized spacial score (nSPS) is 18.7. The van der Waals surface area contributed by atoms with Crippen molar-refractivity contribution in [3.8, 4) is 17.0 Å². The van der Waals surface area contributed by atoms with E-state index in [2.05, 4.69) is 27.4 Å². The molecular weight excluding hydrogens is 288 g/mol. The van der Waals surface area contributed by atoms with E-state index in [1.165, 1.54) is 24.1 Å². The van der Waals surface area contributed by atoms with E-state index in [0.717, 1.165) is 49.6 Å². The fourth-order valence-corrected chi connectivity index (χ4v) is 3.73. The van der Waals surface area contributed by atoms with Crippen molar-refractivity contribution in [3.05, 3.63) is 35.5 Å². The van der Waals surface area contributed by atoms with Crippen molar-refractivity contribution in [1.29, 1.82) is 0 Å². The Hall–Kier alpha value is -1.85. The van der Waals surface area contributed by atoms with E-state index < -0.39 is 0 Å². The third kappa shape index (κ3) is 2.75. The van der Waals surface area contributed by atoms with Crippen LogP contribution in [0.2, 0.25) is 0 Å². The number of nitrogens with zero attached hydrogens (tertiary/aromatic N) is 2. The molecule has 0 saturated carbocycles. The molecule has 122 valence electrons. The first kappa shape index (κ1) is 14.7. The largest absolute Gasteiger partial charge is 0.497 e. The zero-order valence-corrected chi connectivity index (χ0v) is 13.6. The molecule has 2 N–H and O–H groups in total. The second-order valence-corrected chi connectivity index (χ2v) is 6.36. The Bertz CT molecular complexity index is 688. The van der Waals surface area contributed by atoms with E-state index in [0.29, 0.717) is 6.04 Å². The van der Waals surface area contributed by atoms with Crippen LogP contribution in [0.3, 0.4) is 0 Å². The highest BCUT2D eigenvalue weighted by Crippen LogP contribution is 2.33. The van der Waals surface area contributed by atoms with Crippen LogP contribution in [0, 0.1) is 0 Å². The van der Waals surface area contributed by atoms with E-state index >= 15 is 0 Å². The van der Waals surface area contributed by atoms with Gasteiger partial charge in [-0.25, -0.2) is 0 Å². The number of rotatable bonds is 3. The molecule has 23 heavy (non-hydrogen) atoms. The lowest BCUT2D eigenvalue weighted by molar-refractivity contribution is 0.333. The summed E-state index contributed by atoms with van der Waals surface area (Å²) in [6.45, 7) is 4.13. The summed E-state index contributed by atoms with van der Waals surface area (Å²) in [5.41, 5.74) is 5.05. The van der Waals surface area contributed by atoms with Crippen molar-refractivity contribution in [2.24, 2.45) is 0 Å². The molecule has 5 nitrogen and oxygen atoms in total. The van der Waals surface area contributed by atoms with Crippen LogP contribution in [-0.2, 0) is 13.0 Å². The predicted molar refractivity (Wildman–Crippen MR) is 90.8 cm³/mol. The summed E-state index contributed by atoms with van der Waals surface area (Å²) in [7, 11) is 1.71. The number of benzene rings is 1. The van der Waals surface area contributed by atoms with Crippen LogP contribution in [0.1, 0.15) is 30.1 Å². The van der Waals surface area contributed by atoms with Crippen molar-refractivity contribution >= 4 is 0 Å². The van der Waals surface area contributed by atoms with Crippen LogP contribution in [0.15, 0.2) is 24.3 Å². The Kier molecular flexibility index (Phi) is 4.06. The molecule has 0 aliphatic carbocycles. The maximum Gasteiger partial charge on any atom is 0.119 e. The highest BCUT2D eigenvalue weighted by molar-refractivity contribution is 5.66. The monoisotopic (exact) mass is 312 g/mol. The SMILES string of the molecule is COc1cccc(-c2nn(C3CCNCC3)c3c2CNCC3)c1. The lowest BCUT2D eigenvalue weighted by Crippen LogP contribution is -2.32. The third-order valence-corrected chi connectivity index (χ3v) is 4.96. The summed E-state index contributed by atoms with van der Waals surface area (Å²) in [5.74, 6) is 0.886. The van der Waals surface area contributed by atoms with E-state index in [9.17, 15) is 0 Å². The van der Waals surface area contributed by atoms with Crippen molar-refractivity contribution in [2.75, 3.05) is 26.7 Å². The van der Waals surface area contributed by atoms with Crippen molar-refractivity contribution in [1.82, 2.24) is 20.4 Å². The lowest BCUT2D eigenvalue weighted by atomic mass is 10.0. The Morgan fingerprint density at radius 3 is 2.87 bits per heavy atom. The summed E-state index contributed by atoms with van der Waals surface area (Å²) >= 11 is 0. The van der Waals surface area contributed by atoms with Gasteiger partial charge >= 0.3 is 0 Å². The van der Waals surface area contributed by atoms with Gasteiger partial charge in [-0.2, -0.15) is 5.10 Å². The lowest BCUT2D eigenvalue weighted by Gasteiger charge is -2.26. The Morgan fingerprint density at radius 2 is 2.04 bits per heavy atom. The molecule has 0 atom stereocenters. The van der Waals surface area contributed by atoms with Gasteiger partial charge in [-0.3, -0.25) is 4.68 Å². The smallest absolute Gasteiger partial charge is 0.119 e. The van der Waals surface area contributed by atoms with Crippen molar-refractivity contribution < 1.29 is 4.74 Å². The highest BCUT2D eigenvalue weighted by Gasteiger charge is 2.26. The van der Waals surface area contributed by atoms with Gasteiger partial charge < -0.3 is 15.4 Å². The molecule has 3 heterocycles. The molecule has 0 amide bonds. The van der Waals surface area contributed by atoms with Crippen LogP contribution in [0.25, 0.3) is 11.3 Å². The molecule has 4 rings (SSSR count). The number of methoxy groups -OCH3 is 1. The van der Waals surface area contributed by atoms with E-state index in [1.807, 2.05) is 12.1 Å². The molecule has 1 aromatic carbocycles. The quantitative estimate of drug-likeness (QED) is 0.911. The second-order valence-electron chi connectivity index (χ2n) is 6.36. The number of fused-ring (bicyclic) bond motifs is 1. The Labute approximate surface area is 137 Å². The maximum atomic E-state index is 5.39. The number of hydrogen-bond acceptors (Lipinski definition) is 4. The van der Waals surface area contributed by atoms with Crippen molar-refractivity contribution in [3.63, 3.8) is 0 Å². The Balaban J connectivity index is 1.78. The van der Waals surface area contributed by atoms with Gasteiger partial charge in [0.15, 0.2) is 0 Å². The minimum absolute atomic E-state index is 0.530. The fourth-order valence-electron chi connectivity index (χ4n) is 3.73. The maximum absolute atomic E-state index is 5.39. The zero-order valence-electron chi connectivity index (χ0n) is 13.6. The van der Waals surface area contributed by atoms with E-state index in [1.54, 1.807) is 7.11 Å². The van der Waals surface area contributed by atoms with E-state index in [4.69, 9.17) is 9.84 Å². The van der Waals surface area contributed by atoms with Gasteiger partial charge in [-0.1, -0.05) is 12.1 Å². The molecule has 0 bridgehead atoms. The average Bonchev–Trinajstić information content (AvgIpc) is 3.02. The summed E-state index contributed by atoms with van der Waals surface area (Å²) in [6, 6.07) is 8.77. The number of ether oxygens (including phenoxy) is 1. The first-order valence-electron chi connectivity index (χ1n) is 8.53. The number of hydrogen-bond donors (Lipinski definition) is 2. The van der Waals surface area contributed by atoms with Crippen molar-refractivity contribution in [2.45, 2.75) is 31.8 Å². The molecule has 0 spiro atoms. The summed E-state index contributed by atoms with van der Waals surface area (Å²) in [6.07, 6.45) is 3.40. The first-order valence-corrected chi connectivity index (χ1v) is 8.53. The van der Waals surface area contributed by atoms with Gasteiger partial charge in [0.1, 0.15) is 5.75 Å². The molecular formula is C18H24N4O. The minimum atomic E-state index is 0.530. The van der Waals surface area contributed by atoms with Gasteiger partial charge in [0.25, 0.3) is 0 Å². The van der Waals surface area contributed by atoms with Gasteiger partial charge in [0.2, 0.25) is 0 Å². The van der Waals surface area contributed by atoms with Crippen LogP contribution in [-0.4, -0.2) is 36.5 Å². The third-order valence-electron chi connectivity index (χ3n) is 4.96. The first-order chi connectivity index (χ1) is 11.4. The molecule has 2 aliphatic rings. The summed E-state index contributed by atoms with van der Waals surface area (Å²) in [5, 5.41) is 12.0. The molecule has 1 aromatic heterocycles. The molecule has 5 heteroatoms. The molecule has 1 fully saturated rings. The van der Waals surface area contributed by atoms with E-state index in [-0.39, 0.29) is 0 Å². The van der Waals surface area contributed by atoms with Crippen LogP contribution in [0.4, 0.5) is 0 Å². The number of piperidine rings is 1.